The molecule has 0 bridgehead atoms. The lowest BCUT2D eigenvalue weighted by atomic mass is 9.96. The van der Waals surface area contributed by atoms with Gasteiger partial charge in [-0.1, -0.05) is 0 Å². The third-order valence-corrected chi connectivity index (χ3v) is 4.51. The summed E-state index contributed by atoms with van der Waals surface area (Å²) in [6.45, 7) is 4.79. The summed E-state index contributed by atoms with van der Waals surface area (Å²) in [7, 11) is 0. The molecule has 2 heterocycles. The average Bonchev–Trinajstić information content (AvgIpc) is 3.01. The number of benzene rings is 1. The molecule has 0 aliphatic carbocycles. The molecule has 23 heavy (non-hydrogen) atoms. The Bertz CT molecular complexity index is 675. The lowest BCUT2D eigenvalue weighted by Crippen LogP contribution is -2.51. The van der Waals surface area contributed by atoms with Gasteiger partial charge in [0.05, 0.1) is 11.9 Å². The summed E-state index contributed by atoms with van der Waals surface area (Å²) in [4.78, 5) is 14.8. The molecule has 5 nitrogen and oxygen atoms in total. The Morgan fingerprint density at radius 1 is 1.30 bits per heavy atom. The first kappa shape index (κ1) is 15.7. The highest BCUT2D eigenvalue weighted by Crippen LogP contribution is 2.22. The summed E-state index contributed by atoms with van der Waals surface area (Å²) >= 11 is 0. The van der Waals surface area contributed by atoms with Crippen LogP contribution in [0.4, 0.5) is 0 Å². The van der Waals surface area contributed by atoms with Gasteiger partial charge in [-0.3, -0.25) is 4.79 Å². The van der Waals surface area contributed by atoms with E-state index in [1.54, 1.807) is 0 Å². The Labute approximate surface area is 137 Å². The van der Waals surface area contributed by atoms with Crippen molar-refractivity contribution < 1.29 is 4.79 Å². The van der Waals surface area contributed by atoms with Gasteiger partial charge in [-0.15, -0.1) is 0 Å². The molecule has 0 radical (unpaired) electrons. The molecule has 122 valence electrons. The molecule has 1 saturated heterocycles. The maximum absolute atomic E-state index is 12.8. The van der Waals surface area contributed by atoms with Crippen LogP contribution in [0.25, 0.3) is 5.69 Å². The van der Waals surface area contributed by atoms with Crippen LogP contribution in [0.15, 0.2) is 36.7 Å². The molecule has 2 aromatic rings. The van der Waals surface area contributed by atoms with Crippen LogP contribution in [-0.4, -0.2) is 39.2 Å². The molecular formula is C18H24N4O. The molecule has 2 atom stereocenters. The van der Waals surface area contributed by atoms with Crippen LogP contribution in [0.3, 0.4) is 0 Å². The highest BCUT2D eigenvalue weighted by molar-refractivity contribution is 5.94. The van der Waals surface area contributed by atoms with Gasteiger partial charge in [0.1, 0.15) is 0 Å². The normalized spacial score (nSPS) is 19.6. The highest BCUT2D eigenvalue weighted by atomic mass is 16.2. The minimum Gasteiger partial charge on any atom is -0.334 e. The Kier molecular flexibility index (Phi) is 4.48. The number of aryl methyl sites for hydroxylation is 1. The molecule has 1 aromatic carbocycles. The van der Waals surface area contributed by atoms with E-state index < -0.39 is 0 Å². The third kappa shape index (κ3) is 3.29. The van der Waals surface area contributed by atoms with Crippen molar-refractivity contribution in [3.8, 4) is 5.69 Å². The predicted octanol–water partition coefficient (Wildman–Crippen LogP) is 2.52. The van der Waals surface area contributed by atoms with Crippen molar-refractivity contribution in [1.82, 2.24) is 14.7 Å². The number of carbonyl (C=O) groups excluding carboxylic acids is 1. The van der Waals surface area contributed by atoms with Crippen LogP contribution < -0.4 is 5.73 Å². The van der Waals surface area contributed by atoms with Crippen molar-refractivity contribution in [1.29, 1.82) is 0 Å². The van der Waals surface area contributed by atoms with E-state index in [4.69, 9.17) is 5.73 Å². The van der Waals surface area contributed by atoms with Crippen LogP contribution in [-0.2, 0) is 0 Å². The minimum absolute atomic E-state index is 0.00516. The van der Waals surface area contributed by atoms with Crippen molar-refractivity contribution in [2.24, 2.45) is 5.73 Å². The zero-order valence-corrected chi connectivity index (χ0v) is 13.8. The summed E-state index contributed by atoms with van der Waals surface area (Å²) in [5.74, 6) is 0.0789. The molecule has 2 N–H and O–H groups in total. The quantitative estimate of drug-likeness (QED) is 0.947. The van der Waals surface area contributed by atoms with Gasteiger partial charge >= 0.3 is 0 Å². The van der Waals surface area contributed by atoms with Gasteiger partial charge in [0.15, 0.2) is 0 Å². The minimum atomic E-state index is 0.00516. The number of amides is 1. The van der Waals surface area contributed by atoms with E-state index in [0.717, 1.165) is 37.1 Å². The van der Waals surface area contributed by atoms with E-state index in [1.165, 1.54) is 0 Å². The third-order valence-electron chi connectivity index (χ3n) is 4.51. The predicted molar refractivity (Wildman–Crippen MR) is 90.6 cm³/mol. The molecule has 1 aromatic heterocycles. The molecular weight excluding hydrogens is 288 g/mol. The monoisotopic (exact) mass is 312 g/mol. The Morgan fingerprint density at radius 2 is 2.04 bits per heavy atom. The number of carbonyl (C=O) groups is 1. The Hall–Kier alpha value is -2.14. The second-order valence-electron chi connectivity index (χ2n) is 6.43. The van der Waals surface area contributed by atoms with Crippen molar-refractivity contribution in [3.05, 3.63) is 47.8 Å². The van der Waals surface area contributed by atoms with Gasteiger partial charge in [-0.05, 0) is 62.9 Å². The van der Waals surface area contributed by atoms with Crippen LogP contribution in [0, 0.1) is 6.92 Å². The maximum atomic E-state index is 12.8. The summed E-state index contributed by atoms with van der Waals surface area (Å²) < 4.78 is 1.81. The number of piperidine rings is 1. The number of rotatable bonds is 3. The Morgan fingerprint density at radius 3 is 2.65 bits per heavy atom. The zero-order valence-electron chi connectivity index (χ0n) is 13.8. The number of hydrogen-bond donors (Lipinski definition) is 1. The summed E-state index contributed by atoms with van der Waals surface area (Å²) in [5.41, 5.74) is 8.85. The van der Waals surface area contributed by atoms with Crippen molar-refractivity contribution in [3.63, 3.8) is 0 Å². The second kappa shape index (κ2) is 6.54. The molecule has 5 heteroatoms. The SMILES string of the molecule is Cc1cnn(-c2ccc(C(=O)N3CCCC[C@@H]3[C@@H](C)N)cc2)c1. The molecule has 1 fully saturated rings. The molecule has 1 aliphatic heterocycles. The Balaban J connectivity index is 1.79. The fourth-order valence-corrected chi connectivity index (χ4v) is 3.23. The van der Waals surface area contributed by atoms with Gasteiger partial charge in [0.2, 0.25) is 0 Å². The van der Waals surface area contributed by atoms with Crippen LogP contribution in [0.2, 0.25) is 0 Å². The van der Waals surface area contributed by atoms with E-state index >= 15 is 0 Å². The van der Waals surface area contributed by atoms with E-state index in [-0.39, 0.29) is 18.0 Å². The number of likely N-dealkylation sites (tertiary alicyclic amines) is 1. The number of nitrogens with two attached hydrogens (primary N) is 1. The number of nitrogens with zero attached hydrogens (tertiary/aromatic N) is 3. The van der Waals surface area contributed by atoms with Gasteiger partial charge in [-0.2, -0.15) is 5.10 Å². The largest absolute Gasteiger partial charge is 0.334 e. The van der Waals surface area contributed by atoms with Crippen LogP contribution in [0.5, 0.6) is 0 Å². The molecule has 0 unspecified atom stereocenters. The molecule has 3 rings (SSSR count). The zero-order chi connectivity index (χ0) is 16.4. The molecule has 0 saturated carbocycles. The first-order valence-electron chi connectivity index (χ1n) is 8.24. The maximum Gasteiger partial charge on any atom is 0.254 e. The van der Waals surface area contributed by atoms with Gasteiger partial charge in [0.25, 0.3) is 5.91 Å². The fourth-order valence-electron chi connectivity index (χ4n) is 3.23. The van der Waals surface area contributed by atoms with Crippen molar-refractivity contribution >= 4 is 5.91 Å². The molecule has 1 aliphatic rings. The van der Waals surface area contributed by atoms with Gasteiger partial charge < -0.3 is 10.6 Å². The van der Waals surface area contributed by atoms with Gasteiger partial charge in [0, 0.05) is 30.4 Å². The van der Waals surface area contributed by atoms with Crippen LogP contribution >= 0.6 is 0 Å². The highest BCUT2D eigenvalue weighted by Gasteiger charge is 2.29. The topological polar surface area (TPSA) is 64.2 Å². The number of aromatic nitrogens is 2. The van der Waals surface area contributed by atoms with Crippen molar-refractivity contribution in [2.75, 3.05) is 6.54 Å². The summed E-state index contributed by atoms with van der Waals surface area (Å²) in [5, 5.41) is 4.29. The average molecular weight is 312 g/mol. The second-order valence-corrected chi connectivity index (χ2v) is 6.43. The van der Waals surface area contributed by atoms with E-state index in [0.29, 0.717) is 5.56 Å². The standard InChI is InChI=1S/C18H24N4O/c1-13-11-20-22(12-13)16-8-6-15(7-9-16)18(23)21-10-4-3-5-17(21)14(2)19/h6-9,11-12,14,17H,3-5,10,19H2,1-2H3/t14-,17-/m1/s1. The summed E-state index contributed by atoms with van der Waals surface area (Å²) in [6.07, 6.45) is 6.98. The first-order chi connectivity index (χ1) is 11.1. The smallest absolute Gasteiger partial charge is 0.254 e. The fraction of sp³-hybridized carbons (Fsp3) is 0.444. The van der Waals surface area contributed by atoms with E-state index in [1.807, 2.05) is 60.1 Å². The molecule has 0 spiro atoms. The van der Waals surface area contributed by atoms with Gasteiger partial charge in [-0.25, -0.2) is 4.68 Å². The van der Waals surface area contributed by atoms with E-state index in [9.17, 15) is 4.79 Å². The van der Waals surface area contributed by atoms with Crippen LogP contribution in [0.1, 0.15) is 42.1 Å². The number of hydrogen-bond acceptors (Lipinski definition) is 3. The lowest BCUT2D eigenvalue weighted by Gasteiger charge is -2.38. The lowest BCUT2D eigenvalue weighted by molar-refractivity contribution is 0.0584. The summed E-state index contributed by atoms with van der Waals surface area (Å²) in [6, 6.07) is 7.77. The van der Waals surface area contributed by atoms with Crippen molar-refractivity contribution in [2.45, 2.75) is 45.2 Å². The molecule has 1 amide bonds. The van der Waals surface area contributed by atoms with E-state index in [2.05, 4.69) is 5.10 Å². The first-order valence-corrected chi connectivity index (χ1v) is 8.24.